The molecule has 2 aromatic carbocycles. The van der Waals surface area contributed by atoms with Gasteiger partial charge in [0.1, 0.15) is 17.0 Å². The molecular formula is C41H45N5O8S. The third-order valence-corrected chi connectivity index (χ3v) is 9.93. The van der Waals surface area contributed by atoms with Crippen LogP contribution >= 0.6 is 11.3 Å². The first-order valence-electron chi connectivity index (χ1n) is 18.2. The summed E-state index contributed by atoms with van der Waals surface area (Å²) in [5.74, 6) is -1.68. The number of aryl methyl sites for hydroxylation is 1. The number of nitrogens with zero attached hydrogens (tertiary/aromatic N) is 1. The molecule has 0 unspecified atom stereocenters. The van der Waals surface area contributed by atoms with Crippen molar-refractivity contribution in [3.63, 3.8) is 0 Å². The molecule has 0 spiro atoms. The Kier molecular flexibility index (Phi) is 11.6. The molecule has 0 atom stereocenters. The van der Waals surface area contributed by atoms with Crippen LogP contribution in [0, 0.1) is 6.92 Å². The fraction of sp³-hybridized carbons (Fsp3) is 0.366. The predicted molar refractivity (Wildman–Crippen MR) is 209 cm³/mol. The molecule has 55 heavy (non-hydrogen) atoms. The summed E-state index contributed by atoms with van der Waals surface area (Å²) >= 11 is 1.53. The number of carbonyl (C=O) groups is 5. The average molecular weight is 768 g/mol. The van der Waals surface area contributed by atoms with Gasteiger partial charge in [0, 0.05) is 52.7 Å². The molecule has 4 aromatic rings. The van der Waals surface area contributed by atoms with Crippen molar-refractivity contribution >= 4 is 46.8 Å². The molecule has 4 N–H and O–H groups in total. The second-order valence-corrected chi connectivity index (χ2v) is 15.4. The van der Waals surface area contributed by atoms with Gasteiger partial charge < -0.3 is 35.5 Å². The third-order valence-electron chi connectivity index (χ3n) is 8.94. The van der Waals surface area contributed by atoms with Crippen LogP contribution in [-0.2, 0) is 22.4 Å². The molecule has 0 saturated heterocycles. The van der Waals surface area contributed by atoms with Gasteiger partial charge in [-0.2, -0.15) is 0 Å². The Balaban J connectivity index is 1.45. The first-order chi connectivity index (χ1) is 26.3. The van der Waals surface area contributed by atoms with E-state index in [9.17, 15) is 24.0 Å². The van der Waals surface area contributed by atoms with Crippen LogP contribution in [0.5, 0.6) is 5.75 Å². The van der Waals surface area contributed by atoms with Gasteiger partial charge in [0.15, 0.2) is 5.69 Å². The molecule has 0 bridgehead atoms. The molecule has 4 amide bonds. The number of nitrogens with one attached hydrogen (secondary N) is 4. The summed E-state index contributed by atoms with van der Waals surface area (Å²) in [6.45, 7) is 9.91. The first kappa shape index (κ1) is 38.9. The van der Waals surface area contributed by atoms with E-state index in [4.69, 9.17) is 14.2 Å². The van der Waals surface area contributed by atoms with Crippen LogP contribution in [0.3, 0.4) is 0 Å². The van der Waals surface area contributed by atoms with E-state index in [-0.39, 0.29) is 52.3 Å². The number of thiophene rings is 1. The number of pyridine rings is 1. The minimum Gasteiger partial charge on any atom is -0.493 e. The number of rotatable bonds is 11. The van der Waals surface area contributed by atoms with E-state index in [0.29, 0.717) is 54.0 Å². The fourth-order valence-electron chi connectivity index (χ4n) is 6.18. The van der Waals surface area contributed by atoms with Gasteiger partial charge in [0.25, 0.3) is 17.7 Å². The van der Waals surface area contributed by atoms with Crippen molar-refractivity contribution in [1.82, 2.24) is 20.9 Å². The molecule has 1 saturated carbocycles. The minimum absolute atomic E-state index is 0.0148. The average Bonchev–Trinajstić information content (AvgIpc) is 3.88. The van der Waals surface area contributed by atoms with E-state index in [1.807, 2.05) is 18.4 Å². The highest BCUT2D eigenvalue weighted by atomic mass is 32.1. The summed E-state index contributed by atoms with van der Waals surface area (Å²) in [5, 5.41) is 13.5. The standard InChI is InChI=1S/C41H45N5O8S/c1-7-14-42-38(49)31-11-10-26(34(45-31)39(50)52-6)27-20-32-29(35-24(12-15-53-32)13-16-55-35)19-28(27)36(47)46-33-22(2)17-23(21-43-40(51)54-41(3,4)5)18-30(33)37(48)44-25-8-9-25/h10-11,13,16-20,25H,7-9,12,14-15,21H2,1-6H3,(H,42,49)(H,43,51)(H,44,48)(H,46,47). The Morgan fingerprint density at radius 3 is 2.42 bits per heavy atom. The zero-order chi connectivity index (χ0) is 39.4. The number of hydrogen-bond donors (Lipinski definition) is 4. The van der Waals surface area contributed by atoms with Crippen molar-refractivity contribution < 1.29 is 38.2 Å². The van der Waals surface area contributed by atoms with Crippen molar-refractivity contribution in [2.24, 2.45) is 0 Å². The van der Waals surface area contributed by atoms with Gasteiger partial charge in [-0.25, -0.2) is 14.6 Å². The smallest absolute Gasteiger partial charge is 0.407 e. The SMILES string of the molecule is CCCNC(=O)c1ccc(-c2cc3c(cc2C(=O)Nc2c(C)cc(CNC(=O)OC(C)(C)C)cc2C(=O)NC2CC2)-c2sccc2CCO3)c(C(=O)OC)n1. The molecule has 14 heteroatoms. The van der Waals surface area contributed by atoms with Gasteiger partial charge in [-0.05, 0) is 105 Å². The zero-order valence-electron chi connectivity index (χ0n) is 31.8. The first-order valence-corrected chi connectivity index (χ1v) is 19.1. The number of alkyl carbamates (subject to hydrolysis) is 1. The van der Waals surface area contributed by atoms with Crippen LogP contribution in [0.15, 0.2) is 47.8 Å². The lowest BCUT2D eigenvalue weighted by molar-refractivity contribution is 0.0521. The molecule has 2 aromatic heterocycles. The number of aromatic nitrogens is 1. The number of benzene rings is 2. The molecule has 2 aliphatic rings. The molecule has 1 aliphatic carbocycles. The zero-order valence-corrected chi connectivity index (χ0v) is 32.6. The van der Waals surface area contributed by atoms with E-state index in [2.05, 4.69) is 26.3 Å². The van der Waals surface area contributed by atoms with Crippen LogP contribution in [0.25, 0.3) is 21.6 Å². The van der Waals surface area contributed by atoms with Gasteiger partial charge in [0.05, 0.1) is 25.0 Å². The van der Waals surface area contributed by atoms with Gasteiger partial charge >= 0.3 is 12.1 Å². The number of carbonyl (C=O) groups excluding carboxylic acids is 5. The highest BCUT2D eigenvalue weighted by Crippen LogP contribution is 2.43. The van der Waals surface area contributed by atoms with Crippen LogP contribution in [-0.4, -0.2) is 66.7 Å². The highest BCUT2D eigenvalue weighted by molar-refractivity contribution is 7.13. The number of hydrogen-bond acceptors (Lipinski definition) is 10. The molecule has 1 fully saturated rings. The Labute approximate surface area is 323 Å². The fourth-order valence-corrected chi connectivity index (χ4v) is 7.16. The van der Waals surface area contributed by atoms with E-state index < -0.39 is 29.5 Å². The number of ether oxygens (including phenoxy) is 3. The van der Waals surface area contributed by atoms with Crippen molar-refractivity contribution in [1.29, 1.82) is 0 Å². The minimum atomic E-state index is -0.798. The van der Waals surface area contributed by atoms with Gasteiger partial charge in [-0.15, -0.1) is 11.3 Å². The summed E-state index contributed by atoms with van der Waals surface area (Å²) in [6.07, 6.45) is 2.48. The molecule has 3 heterocycles. The van der Waals surface area contributed by atoms with Crippen LogP contribution in [0.4, 0.5) is 10.5 Å². The summed E-state index contributed by atoms with van der Waals surface area (Å²) in [4.78, 5) is 72.4. The normalized spacial score (nSPS) is 13.3. The summed E-state index contributed by atoms with van der Waals surface area (Å²) in [7, 11) is 1.22. The maximum absolute atomic E-state index is 14.7. The van der Waals surface area contributed by atoms with Crippen molar-refractivity contribution in [3.05, 3.63) is 87.0 Å². The number of fused-ring (bicyclic) bond motifs is 3. The molecule has 6 rings (SSSR count). The Morgan fingerprint density at radius 1 is 0.927 bits per heavy atom. The van der Waals surface area contributed by atoms with Crippen molar-refractivity contribution in [2.45, 2.75) is 78.5 Å². The monoisotopic (exact) mass is 767 g/mol. The molecule has 0 radical (unpaired) electrons. The van der Waals surface area contributed by atoms with E-state index >= 15 is 0 Å². The van der Waals surface area contributed by atoms with Gasteiger partial charge in [-0.3, -0.25) is 14.4 Å². The number of esters is 1. The van der Waals surface area contributed by atoms with Crippen molar-refractivity contribution in [3.8, 4) is 27.3 Å². The topological polar surface area (TPSA) is 174 Å². The van der Waals surface area contributed by atoms with E-state index in [0.717, 1.165) is 23.3 Å². The maximum Gasteiger partial charge on any atom is 0.407 e. The summed E-state index contributed by atoms with van der Waals surface area (Å²) in [5.41, 5.74) is 3.39. The van der Waals surface area contributed by atoms with Crippen LogP contribution in [0.2, 0.25) is 0 Å². The van der Waals surface area contributed by atoms with E-state index in [1.54, 1.807) is 58.0 Å². The summed E-state index contributed by atoms with van der Waals surface area (Å²) in [6, 6.07) is 12.0. The van der Waals surface area contributed by atoms with E-state index in [1.165, 1.54) is 24.5 Å². The van der Waals surface area contributed by atoms with Crippen molar-refractivity contribution in [2.75, 3.05) is 25.6 Å². The quantitative estimate of drug-likeness (QED) is 0.120. The number of amides is 4. The lowest BCUT2D eigenvalue weighted by atomic mass is 9.93. The lowest BCUT2D eigenvalue weighted by Gasteiger charge is -2.21. The summed E-state index contributed by atoms with van der Waals surface area (Å²) < 4.78 is 16.7. The number of methoxy groups -OCH3 is 1. The Morgan fingerprint density at radius 2 is 1.71 bits per heavy atom. The number of anilines is 1. The molecule has 1 aliphatic heterocycles. The van der Waals surface area contributed by atoms with Crippen LogP contribution < -0.4 is 26.0 Å². The van der Waals surface area contributed by atoms with Crippen LogP contribution in [0.1, 0.15) is 105 Å². The molecule has 13 nitrogen and oxygen atoms in total. The molecule has 288 valence electrons. The van der Waals surface area contributed by atoms with Gasteiger partial charge in [-0.1, -0.05) is 13.0 Å². The Hall–Kier alpha value is -5.76. The third kappa shape index (κ3) is 9.14. The van der Waals surface area contributed by atoms with Gasteiger partial charge in [0.2, 0.25) is 0 Å². The largest absolute Gasteiger partial charge is 0.493 e. The second kappa shape index (κ2) is 16.3. The Bertz CT molecular complexity index is 2170. The maximum atomic E-state index is 14.7. The highest BCUT2D eigenvalue weighted by Gasteiger charge is 2.30. The molecular weight excluding hydrogens is 723 g/mol. The lowest BCUT2D eigenvalue weighted by Crippen LogP contribution is -2.32. The second-order valence-electron chi connectivity index (χ2n) is 14.5. The predicted octanol–water partition coefficient (Wildman–Crippen LogP) is 6.82.